The number of hydrogen-bond donors (Lipinski definition) is 2. The van der Waals surface area contributed by atoms with Crippen LogP contribution in [-0.4, -0.2) is 47.2 Å². The first-order valence-corrected chi connectivity index (χ1v) is 10.6. The lowest BCUT2D eigenvalue weighted by molar-refractivity contribution is -0.116. The van der Waals surface area contributed by atoms with Gasteiger partial charge in [0.1, 0.15) is 12.3 Å². The molecule has 1 aromatic heterocycles. The van der Waals surface area contributed by atoms with Gasteiger partial charge in [-0.1, -0.05) is 24.3 Å². The van der Waals surface area contributed by atoms with Crippen molar-refractivity contribution in [3.8, 4) is 5.75 Å². The third-order valence-electron chi connectivity index (χ3n) is 4.75. The second-order valence-electron chi connectivity index (χ2n) is 7.29. The maximum Gasteiger partial charge on any atom is 0.246 e. The number of guanidine groups is 1. The molecule has 3 rings (SSSR count). The fraction of sp³-hybridized carbons (Fsp3) is 0.292. The van der Waals surface area contributed by atoms with Gasteiger partial charge < -0.3 is 20.3 Å². The number of amides is 1. The summed E-state index contributed by atoms with van der Waals surface area (Å²) in [6, 6.07) is 17.6. The molecule has 0 bridgehead atoms. The minimum atomic E-state index is -0.121. The Kier molecular flexibility index (Phi) is 8.25. The Bertz CT molecular complexity index is 1020. The molecule has 0 atom stereocenters. The first-order chi connectivity index (χ1) is 15.6. The molecule has 0 unspecified atom stereocenters. The van der Waals surface area contributed by atoms with Gasteiger partial charge in [0.2, 0.25) is 5.91 Å². The van der Waals surface area contributed by atoms with Gasteiger partial charge in [-0.15, -0.1) is 0 Å². The number of carbonyl (C=O) groups excluding carboxylic acids is 1. The quantitative estimate of drug-likeness (QED) is 0.399. The Morgan fingerprint density at radius 2 is 1.97 bits per heavy atom. The number of nitrogens with zero attached hydrogens (tertiary/aromatic N) is 4. The fourth-order valence-corrected chi connectivity index (χ4v) is 3.27. The molecule has 0 saturated carbocycles. The Morgan fingerprint density at radius 3 is 2.66 bits per heavy atom. The molecule has 0 aliphatic heterocycles. The van der Waals surface area contributed by atoms with Crippen LogP contribution in [0.15, 0.2) is 72.0 Å². The molecule has 8 nitrogen and oxygen atoms in total. The Morgan fingerprint density at radius 1 is 1.16 bits per heavy atom. The van der Waals surface area contributed by atoms with Crippen LogP contribution in [0.2, 0.25) is 0 Å². The second-order valence-corrected chi connectivity index (χ2v) is 7.29. The largest absolute Gasteiger partial charge is 0.494 e. The number of rotatable bonds is 9. The summed E-state index contributed by atoms with van der Waals surface area (Å²) in [6.07, 6.45) is 3.41. The topological polar surface area (TPSA) is 83.8 Å². The van der Waals surface area contributed by atoms with Crippen LogP contribution in [0.5, 0.6) is 5.75 Å². The summed E-state index contributed by atoms with van der Waals surface area (Å²) >= 11 is 0. The first kappa shape index (κ1) is 22.9. The molecule has 1 heterocycles. The van der Waals surface area contributed by atoms with Crippen molar-refractivity contribution in [2.24, 2.45) is 4.99 Å². The average molecular weight is 435 g/mol. The predicted molar refractivity (Wildman–Crippen MR) is 127 cm³/mol. The molecule has 2 aromatic carbocycles. The van der Waals surface area contributed by atoms with Crippen molar-refractivity contribution >= 4 is 17.6 Å². The van der Waals surface area contributed by atoms with Gasteiger partial charge in [-0.3, -0.25) is 14.5 Å². The van der Waals surface area contributed by atoms with E-state index in [1.165, 1.54) is 5.56 Å². The van der Waals surface area contributed by atoms with Gasteiger partial charge >= 0.3 is 0 Å². The lowest BCUT2D eigenvalue weighted by Gasteiger charge is -2.22. The molecule has 3 aromatic rings. The van der Waals surface area contributed by atoms with Crippen LogP contribution < -0.4 is 15.4 Å². The molecule has 0 radical (unpaired) electrons. The third-order valence-corrected chi connectivity index (χ3v) is 4.75. The van der Waals surface area contributed by atoms with Crippen LogP contribution in [-0.2, 0) is 24.4 Å². The second kappa shape index (κ2) is 11.5. The number of ether oxygens (including phenoxy) is 1. The zero-order valence-corrected chi connectivity index (χ0v) is 18.8. The van der Waals surface area contributed by atoms with Crippen molar-refractivity contribution in [3.05, 3.63) is 78.1 Å². The van der Waals surface area contributed by atoms with E-state index in [-0.39, 0.29) is 12.5 Å². The normalized spacial score (nSPS) is 11.2. The highest BCUT2D eigenvalue weighted by Crippen LogP contribution is 2.14. The third kappa shape index (κ3) is 6.87. The molecule has 8 heteroatoms. The van der Waals surface area contributed by atoms with E-state index in [2.05, 4.69) is 37.8 Å². The van der Waals surface area contributed by atoms with Crippen LogP contribution >= 0.6 is 0 Å². The number of carbonyl (C=O) groups is 1. The highest BCUT2D eigenvalue weighted by Gasteiger charge is 2.08. The van der Waals surface area contributed by atoms with Crippen LogP contribution in [0, 0.1) is 0 Å². The fourth-order valence-electron chi connectivity index (χ4n) is 3.27. The maximum absolute atomic E-state index is 12.2. The highest BCUT2D eigenvalue weighted by molar-refractivity contribution is 5.90. The van der Waals surface area contributed by atoms with E-state index in [1.807, 2.05) is 50.4 Å². The molecular weight excluding hydrogens is 404 g/mol. The van der Waals surface area contributed by atoms with E-state index in [4.69, 9.17) is 4.74 Å². The van der Waals surface area contributed by atoms with E-state index in [9.17, 15) is 4.79 Å². The molecule has 32 heavy (non-hydrogen) atoms. The van der Waals surface area contributed by atoms with Gasteiger partial charge in [-0.25, -0.2) is 0 Å². The smallest absolute Gasteiger partial charge is 0.246 e. The molecule has 2 N–H and O–H groups in total. The van der Waals surface area contributed by atoms with Crippen LogP contribution in [0.3, 0.4) is 0 Å². The number of aromatic nitrogens is 2. The van der Waals surface area contributed by atoms with E-state index < -0.39 is 0 Å². The van der Waals surface area contributed by atoms with Gasteiger partial charge in [-0.05, 0) is 48.4 Å². The molecule has 0 spiro atoms. The Hall–Kier alpha value is -3.81. The standard InChI is InChI=1S/C24H30N6O2/c1-4-32-22-11-9-19(10-12-22)17-29(3)24(25-2)26-16-20-7-5-8-21(15-20)28-23(31)18-30-14-6-13-27-30/h5-15H,4,16-18H2,1-3H3,(H,25,26)(H,28,31). The van der Waals surface area contributed by atoms with E-state index in [0.29, 0.717) is 13.2 Å². The molecule has 0 saturated heterocycles. The van der Waals surface area contributed by atoms with Gasteiger partial charge in [0, 0.05) is 45.3 Å². The van der Waals surface area contributed by atoms with Crippen molar-refractivity contribution in [2.45, 2.75) is 26.6 Å². The summed E-state index contributed by atoms with van der Waals surface area (Å²) < 4.78 is 7.09. The molecule has 1 amide bonds. The number of hydrogen-bond acceptors (Lipinski definition) is 4. The van der Waals surface area contributed by atoms with Crippen LogP contribution in [0.25, 0.3) is 0 Å². The van der Waals surface area contributed by atoms with E-state index in [1.54, 1.807) is 30.2 Å². The Balaban J connectivity index is 1.52. The molecule has 0 aliphatic rings. The zero-order valence-electron chi connectivity index (χ0n) is 18.8. The van der Waals surface area contributed by atoms with Gasteiger partial charge in [0.25, 0.3) is 0 Å². The van der Waals surface area contributed by atoms with E-state index in [0.717, 1.165) is 29.5 Å². The van der Waals surface area contributed by atoms with Crippen molar-refractivity contribution < 1.29 is 9.53 Å². The molecule has 168 valence electrons. The number of benzene rings is 2. The lowest BCUT2D eigenvalue weighted by Crippen LogP contribution is -2.38. The van der Waals surface area contributed by atoms with Gasteiger partial charge in [0.05, 0.1) is 6.61 Å². The zero-order chi connectivity index (χ0) is 22.8. The SMILES string of the molecule is CCOc1ccc(CN(C)C(=NC)NCc2cccc(NC(=O)Cn3cccn3)c2)cc1. The summed E-state index contributed by atoms with van der Waals surface area (Å²) in [4.78, 5) is 18.6. The summed E-state index contributed by atoms with van der Waals surface area (Å²) in [5.74, 6) is 1.54. The average Bonchev–Trinajstić information content (AvgIpc) is 3.29. The number of nitrogens with one attached hydrogen (secondary N) is 2. The minimum absolute atomic E-state index is 0.121. The van der Waals surface area contributed by atoms with Crippen molar-refractivity contribution in [1.29, 1.82) is 0 Å². The molecule has 0 fully saturated rings. The van der Waals surface area contributed by atoms with Gasteiger partial charge in [0.15, 0.2) is 5.96 Å². The molecular formula is C24H30N6O2. The van der Waals surface area contributed by atoms with Crippen molar-refractivity contribution in [3.63, 3.8) is 0 Å². The highest BCUT2D eigenvalue weighted by atomic mass is 16.5. The van der Waals surface area contributed by atoms with Gasteiger partial charge in [-0.2, -0.15) is 5.10 Å². The minimum Gasteiger partial charge on any atom is -0.494 e. The number of aliphatic imine (C=N–C) groups is 1. The maximum atomic E-state index is 12.2. The lowest BCUT2D eigenvalue weighted by atomic mass is 10.2. The summed E-state index contributed by atoms with van der Waals surface area (Å²) in [7, 11) is 3.76. The number of anilines is 1. The van der Waals surface area contributed by atoms with Crippen LogP contribution in [0.1, 0.15) is 18.1 Å². The van der Waals surface area contributed by atoms with Crippen LogP contribution in [0.4, 0.5) is 5.69 Å². The predicted octanol–water partition coefficient (Wildman–Crippen LogP) is 3.13. The van der Waals surface area contributed by atoms with E-state index >= 15 is 0 Å². The van der Waals surface area contributed by atoms with Crippen molar-refractivity contribution in [2.75, 3.05) is 26.0 Å². The summed E-state index contributed by atoms with van der Waals surface area (Å²) in [6.45, 7) is 4.12. The summed E-state index contributed by atoms with van der Waals surface area (Å²) in [5.41, 5.74) is 2.96. The molecule has 0 aliphatic carbocycles. The monoisotopic (exact) mass is 434 g/mol. The summed E-state index contributed by atoms with van der Waals surface area (Å²) in [5, 5.41) is 10.3. The first-order valence-electron chi connectivity index (χ1n) is 10.6. The Labute approximate surface area is 188 Å². The van der Waals surface area contributed by atoms with Crippen molar-refractivity contribution in [1.82, 2.24) is 20.0 Å².